The molecule has 0 saturated carbocycles. The number of nitriles is 1. The van der Waals surface area contributed by atoms with Crippen molar-refractivity contribution in [1.82, 2.24) is 4.31 Å². The predicted molar refractivity (Wildman–Crippen MR) is 105 cm³/mol. The minimum Gasteiger partial charge on any atom is -0.312 e. The van der Waals surface area contributed by atoms with E-state index in [1.54, 1.807) is 13.0 Å². The van der Waals surface area contributed by atoms with E-state index in [1.807, 2.05) is 6.07 Å². The first kappa shape index (κ1) is 21.2. The van der Waals surface area contributed by atoms with E-state index in [9.17, 15) is 13.2 Å². The predicted octanol–water partition coefficient (Wildman–Crippen LogP) is 3.54. The molecular weight excluding hydrogens is 409 g/mol. The Morgan fingerprint density at radius 2 is 1.78 bits per heavy atom. The van der Waals surface area contributed by atoms with Crippen LogP contribution in [0, 0.1) is 11.3 Å². The third-order valence-corrected chi connectivity index (χ3v) is 6.26. The topological polar surface area (TPSA) is 81.5 Å². The van der Waals surface area contributed by atoms with Gasteiger partial charge in [0, 0.05) is 24.3 Å². The van der Waals surface area contributed by atoms with Crippen LogP contribution in [0.1, 0.15) is 12.5 Å². The van der Waals surface area contributed by atoms with Crippen LogP contribution in [0.2, 0.25) is 10.0 Å². The molecule has 0 aromatic heterocycles. The molecule has 0 aliphatic rings. The highest BCUT2D eigenvalue weighted by atomic mass is 35.5. The van der Waals surface area contributed by atoms with Gasteiger partial charge in [0.2, 0.25) is 15.9 Å². The van der Waals surface area contributed by atoms with Crippen LogP contribution >= 0.6 is 23.2 Å². The molecule has 142 valence electrons. The van der Waals surface area contributed by atoms with Crippen molar-refractivity contribution in [3.05, 3.63) is 58.1 Å². The largest absolute Gasteiger partial charge is 0.312 e. The number of carbonyl (C=O) groups excluding carboxylic acids is 1. The summed E-state index contributed by atoms with van der Waals surface area (Å²) in [5, 5.41) is 9.60. The number of rotatable bonds is 6. The summed E-state index contributed by atoms with van der Waals surface area (Å²) in [7, 11) is -2.50. The number of likely N-dealkylation sites (N-methyl/N-ethyl adjacent to an activating group) is 2. The monoisotopic (exact) mass is 425 g/mol. The maximum Gasteiger partial charge on any atom is 0.243 e. The van der Waals surface area contributed by atoms with E-state index >= 15 is 0 Å². The summed E-state index contributed by atoms with van der Waals surface area (Å²) in [4.78, 5) is 14.1. The summed E-state index contributed by atoms with van der Waals surface area (Å²) in [5.41, 5.74) is 0.787. The summed E-state index contributed by atoms with van der Waals surface area (Å²) < 4.78 is 26.2. The van der Waals surface area contributed by atoms with E-state index in [2.05, 4.69) is 0 Å². The van der Waals surface area contributed by atoms with Gasteiger partial charge in [0.25, 0.3) is 0 Å². The fourth-order valence-corrected chi connectivity index (χ4v) is 3.88. The summed E-state index contributed by atoms with van der Waals surface area (Å²) in [6.07, 6.45) is 0. The minimum absolute atomic E-state index is 0.0478. The zero-order valence-electron chi connectivity index (χ0n) is 14.7. The quantitative estimate of drug-likeness (QED) is 0.708. The average Bonchev–Trinajstić information content (AvgIpc) is 2.62. The van der Waals surface area contributed by atoms with Crippen molar-refractivity contribution in [3.63, 3.8) is 0 Å². The van der Waals surface area contributed by atoms with Crippen molar-refractivity contribution < 1.29 is 13.2 Å². The minimum atomic E-state index is -3.84. The Labute approximate surface area is 168 Å². The molecule has 0 N–H and O–H groups in total. The lowest BCUT2D eigenvalue weighted by Crippen LogP contribution is -2.41. The van der Waals surface area contributed by atoms with E-state index in [1.165, 1.54) is 48.3 Å². The molecule has 0 fully saturated rings. The van der Waals surface area contributed by atoms with Gasteiger partial charge in [0.15, 0.2) is 0 Å². The molecule has 1 amide bonds. The van der Waals surface area contributed by atoms with Gasteiger partial charge in [-0.3, -0.25) is 4.79 Å². The molecule has 0 saturated heterocycles. The summed E-state index contributed by atoms with van der Waals surface area (Å²) in [5.74, 6) is -0.418. The molecule has 0 bridgehead atoms. The Kier molecular flexibility index (Phi) is 6.84. The highest BCUT2D eigenvalue weighted by molar-refractivity contribution is 7.89. The van der Waals surface area contributed by atoms with Crippen molar-refractivity contribution in [2.45, 2.75) is 11.8 Å². The molecule has 2 aromatic carbocycles. The number of hydrogen-bond donors (Lipinski definition) is 0. The molecule has 0 spiro atoms. The number of amides is 1. The van der Waals surface area contributed by atoms with Gasteiger partial charge in [0.05, 0.1) is 22.0 Å². The first-order chi connectivity index (χ1) is 12.7. The first-order valence-electron chi connectivity index (χ1n) is 7.92. The number of benzene rings is 2. The lowest BCUT2D eigenvalue weighted by atomic mass is 10.2. The van der Waals surface area contributed by atoms with Gasteiger partial charge in [-0.25, -0.2) is 8.42 Å². The van der Waals surface area contributed by atoms with E-state index < -0.39 is 15.9 Å². The molecule has 0 unspecified atom stereocenters. The van der Waals surface area contributed by atoms with Crippen molar-refractivity contribution in [1.29, 1.82) is 5.26 Å². The van der Waals surface area contributed by atoms with Gasteiger partial charge < -0.3 is 4.90 Å². The average molecular weight is 426 g/mol. The molecular formula is C18H17Cl2N3O3S. The molecule has 0 aliphatic heterocycles. The standard InChI is InChI=1S/C18H17Cl2N3O3S/c1-3-23(15-7-4-13(11-21)17(20)10-15)18(24)12-22(2)27(25,26)16-8-5-14(19)6-9-16/h4-10H,3,12H2,1-2H3. The molecule has 0 aliphatic carbocycles. The zero-order valence-corrected chi connectivity index (χ0v) is 17.0. The van der Waals surface area contributed by atoms with Gasteiger partial charge in [-0.05, 0) is 49.4 Å². The van der Waals surface area contributed by atoms with Crippen LogP contribution < -0.4 is 4.90 Å². The Balaban J connectivity index is 2.22. The number of halogens is 2. The van der Waals surface area contributed by atoms with Crippen molar-refractivity contribution in [2.75, 3.05) is 25.0 Å². The van der Waals surface area contributed by atoms with Gasteiger partial charge in [-0.15, -0.1) is 0 Å². The van der Waals surface area contributed by atoms with Crippen LogP contribution in [0.25, 0.3) is 0 Å². The molecule has 2 rings (SSSR count). The second kappa shape index (κ2) is 8.72. The van der Waals surface area contributed by atoms with E-state index in [0.29, 0.717) is 22.8 Å². The summed E-state index contributed by atoms with van der Waals surface area (Å²) >= 11 is 11.8. The lowest BCUT2D eigenvalue weighted by molar-refractivity contribution is -0.118. The Hall–Kier alpha value is -2.11. The van der Waals surface area contributed by atoms with Crippen molar-refractivity contribution in [3.8, 4) is 6.07 Å². The van der Waals surface area contributed by atoms with Gasteiger partial charge in [-0.1, -0.05) is 23.2 Å². The highest BCUT2D eigenvalue weighted by Crippen LogP contribution is 2.24. The van der Waals surface area contributed by atoms with Crippen LogP contribution in [0.4, 0.5) is 5.69 Å². The number of nitrogens with zero attached hydrogens (tertiary/aromatic N) is 3. The second-order valence-electron chi connectivity index (χ2n) is 5.63. The fraction of sp³-hybridized carbons (Fsp3) is 0.222. The van der Waals surface area contributed by atoms with Crippen LogP contribution in [-0.2, 0) is 14.8 Å². The highest BCUT2D eigenvalue weighted by Gasteiger charge is 2.25. The molecule has 27 heavy (non-hydrogen) atoms. The lowest BCUT2D eigenvalue weighted by Gasteiger charge is -2.24. The number of sulfonamides is 1. The van der Waals surface area contributed by atoms with Crippen LogP contribution in [-0.4, -0.2) is 38.8 Å². The first-order valence-corrected chi connectivity index (χ1v) is 10.1. The summed E-state index contributed by atoms with van der Waals surface area (Å²) in [6, 6.07) is 12.3. The van der Waals surface area contributed by atoms with Crippen molar-refractivity contribution >= 4 is 44.8 Å². The SMILES string of the molecule is CCN(C(=O)CN(C)S(=O)(=O)c1ccc(Cl)cc1)c1ccc(C#N)c(Cl)c1. The Bertz CT molecular complexity index is 986. The third kappa shape index (κ3) is 4.79. The van der Waals surface area contributed by atoms with Crippen LogP contribution in [0.3, 0.4) is 0 Å². The van der Waals surface area contributed by atoms with E-state index in [4.69, 9.17) is 28.5 Å². The molecule has 6 nitrogen and oxygen atoms in total. The van der Waals surface area contributed by atoms with Crippen molar-refractivity contribution in [2.24, 2.45) is 0 Å². The molecule has 0 atom stereocenters. The second-order valence-corrected chi connectivity index (χ2v) is 8.52. The zero-order chi connectivity index (χ0) is 20.2. The summed E-state index contributed by atoms with van der Waals surface area (Å²) in [6.45, 7) is 1.73. The van der Waals surface area contributed by atoms with Crippen LogP contribution in [0.15, 0.2) is 47.4 Å². The van der Waals surface area contributed by atoms with E-state index in [-0.39, 0.29) is 16.5 Å². The number of hydrogen-bond acceptors (Lipinski definition) is 4. The molecule has 0 radical (unpaired) electrons. The number of carbonyl (C=O) groups is 1. The molecule has 2 aromatic rings. The molecule has 9 heteroatoms. The normalized spacial score (nSPS) is 11.3. The fourth-order valence-electron chi connectivity index (χ4n) is 2.41. The van der Waals surface area contributed by atoms with Crippen LogP contribution in [0.5, 0.6) is 0 Å². The van der Waals surface area contributed by atoms with Gasteiger partial charge in [-0.2, -0.15) is 9.57 Å². The maximum atomic E-state index is 12.7. The maximum absolute atomic E-state index is 12.7. The third-order valence-electron chi connectivity index (χ3n) is 3.88. The van der Waals surface area contributed by atoms with Gasteiger partial charge >= 0.3 is 0 Å². The Morgan fingerprint density at radius 1 is 1.15 bits per heavy atom. The van der Waals surface area contributed by atoms with Gasteiger partial charge in [0.1, 0.15) is 6.07 Å². The molecule has 0 heterocycles. The van der Waals surface area contributed by atoms with E-state index in [0.717, 1.165) is 4.31 Å². The Morgan fingerprint density at radius 3 is 2.30 bits per heavy atom. The number of anilines is 1. The smallest absolute Gasteiger partial charge is 0.243 e.